The first-order chi connectivity index (χ1) is 11.4. The number of carbonyl (C=O) groups excluding carboxylic acids is 2. The summed E-state index contributed by atoms with van der Waals surface area (Å²) in [6, 6.07) is 13.8. The van der Waals surface area contributed by atoms with E-state index in [1.165, 1.54) is 6.92 Å². The highest BCUT2D eigenvalue weighted by Crippen LogP contribution is 2.17. The van der Waals surface area contributed by atoms with E-state index in [9.17, 15) is 13.8 Å². The lowest BCUT2D eigenvalue weighted by Gasteiger charge is -2.08. The molecule has 126 valence electrons. The van der Waals surface area contributed by atoms with Crippen molar-refractivity contribution < 1.29 is 13.8 Å². The normalized spacial score (nSPS) is 11.6. The maximum absolute atomic E-state index is 12.1. The molecule has 0 spiro atoms. The molecule has 24 heavy (non-hydrogen) atoms. The zero-order valence-corrected chi connectivity index (χ0v) is 14.6. The number of hydrogen-bond acceptors (Lipinski definition) is 3. The summed E-state index contributed by atoms with van der Waals surface area (Å²) in [6.07, 6.45) is 0. The molecule has 7 heteroatoms. The van der Waals surface area contributed by atoms with Gasteiger partial charge in [-0.25, -0.2) is 0 Å². The maximum Gasteiger partial charge on any atom is 0.237 e. The Hall–Kier alpha value is -2.18. The van der Waals surface area contributed by atoms with E-state index in [0.29, 0.717) is 16.4 Å². The fraction of sp³-hybridized carbons (Fsp3) is 0.176. The molecule has 2 aromatic carbocycles. The first-order valence-electron chi connectivity index (χ1n) is 7.20. The average molecular weight is 365 g/mol. The monoisotopic (exact) mass is 364 g/mol. The molecule has 0 aliphatic heterocycles. The van der Waals surface area contributed by atoms with Crippen molar-refractivity contribution in [1.82, 2.24) is 0 Å². The highest BCUT2D eigenvalue weighted by Gasteiger charge is 2.11. The molecule has 0 fully saturated rings. The van der Waals surface area contributed by atoms with Gasteiger partial charge in [0.05, 0.1) is 5.75 Å². The molecule has 0 saturated heterocycles. The summed E-state index contributed by atoms with van der Waals surface area (Å²) in [5.74, 6) is -0.387. The zero-order chi connectivity index (χ0) is 17.5. The average Bonchev–Trinajstić information content (AvgIpc) is 2.51. The van der Waals surface area contributed by atoms with Gasteiger partial charge in [0.15, 0.2) is 0 Å². The van der Waals surface area contributed by atoms with Crippen LogP contribution in [0.5, 0.6) is 0 Å². The summed E-state index contributed by atoms with van der Waals surface area (Å²) >= 11 is 6.02. The molecule has 0 aliphatic carbocycles. The number of benzene rings is 2. The van der Waals surface area contributed by atoms with Crippen molar-refractivity contribution in [2.45, 2.75) is 12.7 Å². The molecule has 1 atom stereocenters. The molecule has 2 N–H and O–H groups in total. The zero-order valence-electron chi connectivity index (χ0n) is 13.0. The standard InChI is InChI=1S/C17H17ClN2O3S/c1-12(21)19-14-6-8-15(9-7-14)20-17(22)11-24(23)10-13-4-2-3-5-16(13)18/h2-9H,10-11H2,1H3,(H,19,21)(H,20,22). The number of anilines is 2. The fourth-order valence-electron chi connectivity index (χ4n) is 2.02. The highest BCUT2D eigenvalue weighted by molar-refractivity contribution is 7.85. The quantitative estimate of drug-likeness (QED) is 0.826. The molecule has 0 radical (unpaired) electrons. The van der Waals surface area contributed by atoms with Gasteiger partial charge in [-0.1, -0.05) is 29.8 Å². The molecule has 5 nitrogen and oxygen atoms in total. The second-order valence-electron chi connectivity index (χ2n) is 5.13. The minimum Gasteiger partial charge on any atom is -0.326 e. The van der Waals surface area contributed by atoms with Gasteiger partial charge in [-0.15, -0.1) is 0 Å². The Morgan fingerprint density at radius 1 is 1.00 bits per heavy atom. The molecule has 0 bridgehead atoms. The van der Waals surface area contributed by atoms with E-state index in [1.54, 1.807) is 42.5 Å². The van der Waals surface area contributed by atoms with Gasteiger partial charge in [-0.3, -0.25) is 13.8 Å². The second-order valence-corrected chi connectivity index (χ2v) is 6.99. The van der Waals surface area contributed by atoms with Crippen LogP contribution in [-0.2, 0) is 26.1 Å². The van der Waals surface area contributed by atoms with E-state index in [4.69, 9.17) is 11.6 Å². The van der Waals surface area contributed by atoms with Gasteiger partial charge in [-0.05, 0) is 35.9 Å². The summed E-state index contributed by atoms with van der Waals surface area (Å²) in [6.45, 7) is 1.42. The van der Waals surface area contributed by atoms with E-state index in [-0.39, 0.29) is 23.3 Å². The Morgan fingerprint density at radius 2 is 1.58 bits per heavy atom. The number of rotatable bonds is 6. The van der Waals surface area contributed by atoms with Crippen LogP contribution >= 0.6 is 11.6 Å². The molecule has 2 aromatic rings. The molecule has 0 saturated carbocycles. The van der Waals surface area contributed by atoms with Crippen LogP contribution in [0.4, 0.5) is 11.4 Å². The van der Waals surface area contributed by atoms with Crippen molar-refractivity contribution >= 4 is 45.6 Å². The van der Waals surface area contributed by atoms with Crippen LogP contribution in [0.2, 0.25) is 5.02 Å². The lowest BCUT2D eigenvalue weighted by molar-refractivity contribution is -0.114. The van der Waals surface area contributed by atoms with Gasteiger partial charge in [0.2, 0.25) is 11.8 Å². The highest BCUT2D eigenvalue weighted by atomic mass is 35.5. The van der Waals surface area contributed by atoms with Crippen molar-refractivity contribution in [2.75, 3.05) is 16.4 Å². The van der Waals surface area contributed by atoms with Crippen molar-refractivity contribution in [3.63, 3.8) is 0 Å². The van der Waals surface area contributed by atoms with E-state index in [1.807, 2.05) is 6.07 Å². The molecule has 0 heterocycles. The molecular weight excluding hydrogens is 348 g/mol. The molecule has 0 aliphatic rings. The fourth-order valence-corrected chi connectivity index (χ4v) is 3.37. The number of halogens is 1. The van der Waals surface area contributed by atoms with E-state index < -0.39 is 10.8 Å². The van der Waals surface area contributed by atoms with Gasteiger partial charge in [0, 0.05) is 34.1 Å². The van der Waals surface area contributed by atoms with Gasteiger partial charge in [0.1, 0.15) is 5.75 Å². The summed E-state index contributed by atoms with van der Waals surface area (Å²) < 4.78 is 12.1. The number of hydrogen-bond donors (Lipinski definition) is 2. The van der Waals surface area contributed by atoms with Gasteiger partial charge in [0.25, 0.3) is 0 Å². The number of nitrogens with one attached hydrogen (secondary N) is 2. The Morgan fingerprint density at radius 3 is 2.17 bits per heavy atom. The van der Waals surface area contributed by atoms with Crippen LogP contribution < -0.4 is 10.6 Å². The first-order valence-corrected chi connectivity index (χ1v) is 9.06. The minimum atomic E-state index is -1.35. The van der Waals surface area contributed by atoms with Gasteiger partial charge >= 0.3 is 0 Å². The van der Waals surface area contributed by atoms with Crippen LogP contribution in [-0.4, -0.2) is 21.8 Å². The van der Waals surface area contributed by atoms with Crippen molar-refractivity contribution in [3.05, 3.63) is 59.1 Å². The third-order valence-electron chi connectivity index (χ3n) is 3.06. The van der Waals surface area contributed by atoms with E-state index in [2.05, 4.69) is 10.6 Å². The van der Waals surface area contributed by atoms with Crippen LogP contribution in [0.1, 0.15) is 12.5 Å². The Labute approximate surface area is 147 Å². The van der Waals surface area contributed by atoms with Crippen molar-refractivity contribution in [1.29, 1.82) is 0 Å². The molecule has 0 aromatic heterocycles. The third kappa shape index (κ3) is 5.79. The Bertz CT molecular complexity index is 763. The summed E-state index contributed by atoms with van der Waals surface area (Å²) in [5.41, 5.74) is 1.97. The lowest BCUT2D eigenvalue weighted by atomic mass is 10.2. The Balaban J connectivity index is 1.87. The predicted octanol–water partition coefficient (Wildman–Crippen LogP) is 3.19. The SMILES string of the molecule is CC(=O)Nc1ccc(NC(=O)CS(=O)Cc2ccccc2Cl)cc1. The van der Waals surface area contributed by atoms with Gasteiger partial charge in [-0.2, -0.15) is 0 Å². The van der Waals surface area contributed by atoms with Crippen LogP contribution in [0.15, 0.2) is 48.5 Å². The van der Waals surface area contributed by atoms with Crippen molar-refractivity contribution in [2.24, 2.45) is 0 Å². The van der Waals surface area contributed by atoms with Gasteiger partial charge < -0.3 is 10.6 Å². The third-order valence-corrected chi connectivity index (χ3v) is 4.64. The second kappa shape index (κ2) is 8.61. The lowest BCUT2D eigenvalue weighted by Crippen LogP contribution is -2.20. The summed E-state index contributed by atoms with van der Waals surface area (Å²) in [4.78, 5) is 22.9. The first kappa shape index (κ1) is 18.2. The van der Waals surface area contributed by atoms with E-state index >= 15 is 0 Å². The topological polar surface area (TPSA) is 75.3 Å². The number of carbonyl (C=O) groups is 2. The summed E-state index contributed by atoms with van der Waals surface area (Å²) in [5, 5.41) is 5.85. The van der Waals surface area contributed by atoms with E-state index in [0.717, 1.165) is 5.56 Å². The smallest absolute Gasteiger partial charge is 0.237 e. The molecular formula is C17H17ClN2O3S. The molecule has 2 rings (SSSR count). The molecule has 2 amide bonds. The maximum atomic E-state index is 12.1. The number of amides is 2. The molecule has 1 unspecified atom stereocenters. The van der Waals surface area contributed by atoms with Crippen LogP contribution in [0.3, 0.4) is 0 Å². The van der Waals surface area contributed by atoms with Crippen LogP contribution in [0, 0.1) is 0 Å². The van der Waals surface area contributed by atoms with Crippen molar-refractivity contribution in [3.8, 4) is 0 Å². The largest absolute Gasteiger partial charge is 0.326 e. The summed E-state index contributed by atoms with van der Waals surface area (Å²) in [7, 11) is -1.35. The Kier molecular flexibility index (Phi) is 6.52. The minimum absolute atomic E-state index is 0.112. The predicted molar refractivity (Wildman–Crippen MR) is 97.5 cm³/mol. The van der Waals surface area contributed by atoms with Crippen LogP contribution in [0.25, 0.3) is 0 Å².